The van der Waals surface area contributed by atoms with Gasteiger partial charge in [-0.25, -0.2) is 13.8 Å². The van der Waals surface area contributed by atoms with Crippen LogP contribution in [-0.2, 0) is 5.92 Å². The van der Waals surface area contributed by atoms with Crippen LogP contribution in [0.1, 0.15) is 18.1 Å². The predicted octanol–water partition coefficient (Wildman–Crippen LogP) is 3.61. The van der Waals surface area contributed by atoms with E-state index in [9.17, 15) is 8.78 Å². The van der Waals surface area contributed by atoms with E-state index in [1.54, 1.807) is 18.5 Å². The lowest BCUT2D eigenvalue weighted by Gasteiger charge is -2.11. The van der Waals surface area contributed by atoms with E-state index in [4.69, 9.17) is 5.26 Å². The average Bonchev–Trinajstić information content (AvgIpc) is 2.88. The van der Waals surface area contributed by atoms with E-state index in [2.05, 4.69) is 21.0 Å². The smallest absolute Gasteiger partial charge is 0.272 e. The third-order valence-corrected chi connectivity index (χ3v) is 3.23. The molecule has 0 saturated heterocycles. The van der Waals surface area contributed by atoms with E-state index in [0.29, 0.717) is 27.7 Å². The summed E-state index contributed by atoms with van der Waals surface area (Å²) >= 11 is 0. The van der Waals surface area contributed by atoms with Crippen LogP contribution in [0.25, 0.3) is 22.2 Å². The second-order valence-electron chi connectivity index (χ2n) is 4.78. The zero-order valence-corrected chi connectivity index (χ0v) is 11.1. The van der Waals surface area contributed by atoms with Gasteiger partial charge in [0.05, 0.1) is 5.56 Å². The second-order valence-corrected chi connectivity index (χ2v) is 4.78. The van der Waals surface area contributed by atoms with E-state index in [-0.39, 0.29) is 5.56 Å². The molecule has 3 aromatic heterocycles. The zero-order chi connectivity index (χ0) is 15.0. The molecule has 3 rings (SSSR count). The molecule has 104 valence electrons. The molecule has 0 unspecified atom stereocenters. The summed E-state index contributed by atoms with van der Waals surface area (Å²) in [6, 6.07) is 5.18. The fraction of sp³-hybridized carbons (Fsp3) is 0.133. The van der Waals surface area contributed by atoms with Crippen LogP contribution in [0.4, 0.5) is 8.78 Å². The first-order chi connectivity index (χ1) is 9.99. The highest BCUT2D eigenvalue weighted by molar-refractivity contribution is 5.86. The Bertz CT molecular complexity index is 856. The first-order valence-corrected chi connectivity index (χ1v) is 6.20. The van der Waals surface area contributed by atoms with Crippen LogP contribution in [0, 0.1) is 11.3 Å². The van der Waals surface area contributed by atoms with E-state index in [0.717, 1.165) is 13.1 Å². The molecule has 0 aromatic carbocycles. The van der Waals surface area contributed by atoms with Crippen molar-refractivity contribution in [2.75, 3.05) is 0 Å². The van der Waals surface area contributed by atoms with Crippen LogP contribution in [-0.4, -0.2) is 15.0 Å². The number of nitriles is 1. The SMILES string of the molecule is CC(F)(F)c1cncc(-c2cnc3[nH]cc(C#N)c3c2)c1. The Morgan fingerprint density at radius 1 is 1.19 bits per heavy atom. The molecule has 0 atom stereocenters. The number of hydrogen-bond donors (Lipinski definition) is 1. The van der Waals surface area contributed by atoms with E-state index < -0.39 is 5.92 Å². The Hall–Kier alpha value is -2.81. The lowest BCUT2D eigenvalue weighted by molar-refractivity contribution is 0.0171. The Balaban J connectivity index is 2.14. The number of nitrogens with zero attached hydrogens (tertiary/aromatic N) is 3. The maximum absolute atomic E-state index is 13.4. The molecule has 6 heteroatoms. The summed E-state index contributed by atoms with van der Waals surface area (Å²) in [4.78, 5) is 10.9. The second kappa shape index (κ2) is 4.63. The van der Waals surface area contributed by atoms with E-state index >= 15 is 0 Å². The quantitative estimate of drug-likeness (QED) is 0.781. The van der Waals surface area contributed by atoms with Crippen molar-refractivity contribution in [2.45, 2.75) is 12.8 Å². The van der Waals surface area contributed by atoms with Crippen LogP contribution < -0.4 is 0 Å². The molecule has 0 aliphatic heterocycles. The minimum absolute atomic E-state index is 0.158. The molecule has 0 saturated carbocycles. The van der Waals surface area contributed by atoms with Gasteiger partial charge in [0.1, 0.15) is 11.7 Å². The van der Waals surface area contributed by atoms with Gasteiger partial charge in [-0.15, -0.1) is 0 Å². The summed E-state index contributed by atoms with van der Waals surface area (Å²) in [5.74, 6) is -2.95. The molecule has 0 aliphatic carbocycles. The number of pyridine rings is 2. The van der Waals surface area contributed by atoms with Crippen molar-refractivity contribution in [2.24, 2.45) is 0 Å². The zero-order valence-electron chi connectivity index (χ0n) is 11.1. The topological polar surface area (TPSA) is 65.4 Å². The van der Waals surface area contributed by atoms with E-state index in [1.807, 2.05) is 0 Å². The van der Waals surface area contributed by atoms with Crippen LogP contribution in [0.5, 0.6) is 0 Å². The normalized spacial score (nSPS) is 11.5. The summed E-state index contributed by atoms with van der Waals surface area (Å²) in [6.45, 7) is 0.829. The third kappa shape index (κ3) is 2.34. The minimum Gasteiger partial charge on any atom is -0.345 e. The molecule has 0 aliphatic rings. The van der Waals surface area contributed by atoms with Gasteiger partial charge in [-0.05, 0) is 12.1 Å². The van der Waals surface area contributed by atoms with Gasteiger partial charge in [-0.2, -0.15) is 5.26 Å². The number of aromatic nitrogens is 3. The minimum atomic E-state index is -2.95. The lowest BCUT2D eigenvalue weighted by Crippen LogP contribution is -2.07. The largest absolute Gasteiger partial charge is 0.345 e. The number of nitrogens with one attached hydrogen (secondary N) is 1. The molecule has 1 N–H and O–H groups in total. The lowest BCUT2D eigenvalue weighted by atomic mass is 10.0. The standard InChI is InChI=1S/C15H10F2N4/c1-15(16,17)12-2-9(5-19-8-12)10-3-13-11(4-18)7-21-14(13)20-6-10/h2-3,5-8H,1H3,(H,20,21). The number of H-pyrrole nitrogens is 1. The molecule has 0 amide bonds. The molecule has 21 heavy (non-hydrogen) atoms. The summed E-state index contributed by atoms with van der Waals surface area (Å²) in [5, 5.41) is 9.68. The van der Waals surface area contributed by atoms with E-state index in [1.165, 1.54) is 12.3 Å². The van der Waals surface area contributed by atoms with Gasteiger partial charge < -0.3 is 4.98 Å². The Morgan fingerprint density at radius 3 is 2.67 bits per heavy atom. The van der Waals surface area contributed by atoms with Gasteiger partial charge in [0.15, 0.2) is 0 Å². The maximum Gasteiger partial charge on any atom is 0.272 e. The molecule has 0 spiro atoms. The molecule has 4 nitrogen and oxygen atoms in total. The Kier molecular flexibility index (Phi) is 2.91. The van der Waals surface area contributed by atoms with Gasteiger partial charge in [0.2, 0.25) is 0 Å². The first kappa shape index (κ1) is 13.2. The molecule has 3 aromatic rings. The number of alkyl halides is 2. The highest BCUT2D eigenvalue weighted by Gasteiger charge is 2.25. The molecule has 3 heterocycles. The average molecular weight is 284 g/mol. The Labute approximate surface area is 119 Å². The van der Waals surface area contributed by atoms with Gasteiger partial charge in [0, 0.05) is 53.8 Å². The summed E-state index contributed by atoms with van der Waals surface area (Å²) in [7, 11) is 0. The van der Waals surface area contributed by atoms with Crippen molar-refractivity contribution in [3.63, 3.8) is 0 Å². The summed E-state index contributed by atoms with van der Waals surface area (Å²) in [6.07, 6.45) is 5.77. The number of rotatable bonds is 2. The molecule has 0 bridgehead atoms. The molecule has 0 fully saturated rings. The van der Waals surface area contributed by atoms with Crippen molar-refractivity contribution < 1.29 is 8.78 Å². The number of hydrogen-bond acceptors (Lipinski definition) is 3. The van der Waals surface area contributed by atoms with Crippen molar-refractivity contribution >= 4 is 11.0 Å². The Morgan fingerprint density at radius 2 is 1.95 bits per heavy atom. The molecular weight excluding hydrogens is 274 g/mol. The van der Waals surface area contributed by atoms with Gasteiger partial charge in [-0.1, -0.05) is 0 Å². The molecule has 0 radical (unpaired) electrons. The monoisotopic (exact) mass is 284 g/mol. The highest BCUT2D eigenvalue weighted by Crippen LogP contribution is 2.30. The van der Waals surface area contributed by atoms with Crippen molar-refractivity contribution in [3.8, 4) is 17.2 Å². The fourth-order valence-electron chi connectivity index (χ4n) is 2.09. The predicted molar refractivity (Wildman–Crippen MR) is 73.6 cm³/mol. The van der Waals surface area contributed by atoms with Crippen LogP contribution in [0.15, 0.2) is 36.9 Å². The van der Waals surface area contributed by atoms with Gasteiger partial charge in [-0.3, -0.25) is 4.98 Å². The number of halogens is 2. The maximum atomic E-state index is 13.4. The molecular formula is C15H10F2N4. The number of aromatic amines is 1. The first-order valence-electron chi connectivity index (χ1n) is 6.20. The number of fused-ring (bicyclic) bond motifs is 1. The summed E-state index contributed by atoms with van der Waals surface area (Å²) in [5.41, 5.74) is 2.06. The van der Waals surface area contributed by atoms with Crippen molar-refractivity contribution in [3.05, 3.63) is 48.0 Å². The van der Waals surface area contributed by atoms with Crippen LogP contribution in [0.3, 0.4) is 0 Å². The van der Waals surface area contributed by atoms with Crippen molar-refractivity contribution in [1.29, 1.82) is 5.26 Å². The highest BCUT2D eigenvalue weighted by atomic mass is 19.3. The van der Waals surface area contributed by atoms with Crippen LogP contribution in [0.2, 0.25) is 0 Å². The summed E-state index contributed by atoms with van der Waals surface area (Å²) < 4.78 is 26.7. The van der Waals surface area contributed by atoms with Gasteiger partial charge in [0.25, 0.3) is 5.92 Å². The van der Waals surface area contributed by atoms with Crippen molar-refractivity contribution in [1.82, 2.24) is 15.0 Å². The third-order valence-electron chi connectivity index (χ3n) is 3.23. The van der Waals surface area contributed by atoms with Gasteiger partial charge >= 0.3 is 0 Å². The fourth-order valence-corrected chi connectivity index (χ4v) is 2.09. The van der Waals surface area contributed by atoms with Crippen LogP contribution >= 0.6 is 0 Å².